The zero-order chi connectivity index (χ0) is 13.8. The molecule has 0 aromatic heterocycles. The molecule has 0 spiro atoms. The fourth-order valence-corrected chi connectivity index (χ4v) is 2.03. The van der Waals surface area contributed by atoms with E-state index in [1.54, 1.807) is 7.11 Å². The molecule has 0 saturated carbocycles. The van der Waals surface area contributed by atoms with Crippen molar-refractivity contribution in [2.45, 2.75) is 33.6 Å². The van der Waals surface area contributed by atoms with Gasteiger partial charge in [-0.05, 0) is 36.0 Å². The summed E-state index contributed by atoms with van der Waals surface area (Å²) in [5, 5.41) is 9.25. The van der Waals surface area contributed by atoms with Crippen molar-refractivity contribution < 1.29 is 14.6 Å². The molecule has 0 aliphatic heterocycles. The Morgan fingerprint density at radius 1 is 1.28 bits per heavy atom. The van der Waals surface area contributed by atoms with E-state index in [1.807, 2.05) is 45.0 Å². The molecule has 100 valence electrons. The number of hydrogen-bond donors (Lipinski definition) is 1. The van der Waals surface area contributed by atoms with Gasteiger partial charge in [-0.25, -0.2) is 0 Å². The molecule has 18 heavy (non-hydrogen) atoms. The molecular formula is C15H22O3. The third-order valence-corrected chi connectivity index (χ3v) is 3.22. The van der Waals surface area contributed by atoms with Gasteiger partial charge in [0, 0.05) is 0 Å². The van der Waals surface area contributed by atoms with Crippen LogP contribution in [0.2, 0.25) is 0 Å². The molecule has 0 radical (unpaired) electrons. The first-order valence-corrected chi connectivity index (χ1v) is 6.20. The second-order valence-corrected chi connectivity index (χ2v) is 5.64. The lowest BCUT2D eigenvalue weighted by Gasteiger charge is -2.27. The summed E-state index contributed by atoms with van der Waals surface area (Å²) in [6.45, 7) is 5.92. The maximum Gasteiger partial charge on any atom is 0.307 e. The fourth-order valence-electron chi connectivity index (χ4n) is 2.03. The third-order valence-electron chi connectivity index (χ3n) is 3.22. The van der Waals surface area contributed by atoms with Crippen LogP contribution in [0.15, 0.2) is 24.3 Å². The van der Waals surface area contributed by atoms with Crippen LogP contribution in [0.4, 0.5) is 0 Å². The molecule has 1 atom stereocenters. The molecule has 0 heterocycles. The molecule has 0 aliphatic rings. The topological polar surface area (TPSA) is 46.5 Å². The summed E-state index contributed by atoms with van der Waals surface area (Å²) in [7, 11) is 1.63. The Hall–Kier alpha value is -1.51. The van der Waals surface area contributed by atoms with Gasteiger partial charge in [0.2, 0.25) is 0 Å². The molecule has 1 rings (SSSR count). The van der Waals surface area contributed by atoms with Gasteiger partial charge < -0.3 is 9.84 Å². The molecule has 3 nitrogen and oxygen atoms in total. The number of benzene rings is 1. The number of carboxylic acid groups (broad SMARTS) is 1. The summed E-state index contributed by atoms with van der Waals surface area (Å²) in [6.07, 6.45) is 1.43. The van der Waals surface area contributed by atoms with E-state index in [9.17, 15) is 9.90 Å². The van der Waals surface area contributed by atoms with Crippen LogP contribution in [-0.2, 0) is 11.2 Å². The maximum absolute atomic E-state index is 11.2. The summed E-state index contributed by atoms with van der Waals surface area (Å²) < 4.78 is 5.09. The van der Waals surface area contributed by atoms with Gasteiger partial charge >= 0.3 is 5.97 Å². The first kappa shape index (κ1) is 14.6. The van der Waals surface area contributed by atoms with Crippen molar-refractivity contribution in [1.82, 2.24) is 0 Å². The van der Waals surface area contributed by atoms with E-state index in [1.165, 1.54) is 0 Å². The van der Waals surface area contributed by atoms with Crippen molar-refractivity contribution in [3.05, 3.63) is 29.8 Å². The Bertz CT molecular complexity index is 387. The van der Waals surface area contributed by atoms with Crippen LogP contribution in [0, 0.1) is 11.3 Å². The minimum Gasteiger partial charge on any atom is -0.497 e. The van der Waals surface area contributed by atoms with E-state index in [0.29, 0.717) is 6.42 Å². The second kappa shape index (κ2) is 5.89. The van der Waals surface area contributed by atoms with Crippen molar-refractivity contribution in [2.75, 3.05) is 7.11 Å². The number of carboxylic acids is 1. The molecular weight excluding hydrogens is 228 g/mol. The summed E-state index contributed by atoms with van der Waals surface area (Å²) in [4.78, 5) is 11.2. The number of rotatable bonds is 5. The summed E-state index contributed by atoms with van der Waals surface area (Å²) in [5.41, 5.74) is 0.935. The molecule has 0 amide bonds. The molecule has 0 fully saturated rings. The largest absolute Gasteiger partial charge is 0.497 e. The van der Waals surface area contributed by atoms with E-state index >= 15 is 0 Å². The number of hydrogen-bond acceptors (Lipinski definition) is 2. The van der Waals surface area contributed by atoms with Crippen LogP contribution in [0.5, 0.6) is 5.75 Å². The summed E-state index contributed by atoms with van der Waals surface area (Å²) >= 11 is 0. The number of carbonyl (C=O) groups is 1. The maximum atomic E-state index is 11.2. The number of ether oxygens (including phenoxy) is 1. The van der Waals surface area contributed by atoms with E-state index in [4.69, 9.17) is 4.74 Å². The third kappa shape index (κ3) is 4.06. The Morgan fingerprint density at radius 3 is 2.22 bits per heavy atom. The molecule has 3 heteroatoms. The molecule has 1 N–H and O–H groups in total. The van der Waals surface area contributed by atoms with Crippen LogP contribution >= 0.6 is 0 Å². The molecule has 0 bridgehead atoms. The predicted molar refractivity (Wildman–Crippen MR) is 71.9 cm³/mol. The molecule has 1 unspecified atom stereocenters. The van der Waals surface area contributed by atoms with Crippen molar-refractivity contribution in [1.29, 1.82) is 0 Å². The SMILES string of the molecule is COc1ccc(CCC(C(=O)O)C(C)(C)C)cc1. The predicted octanol–water partition coefficient (Wildman–Crippen LogP) is 3.37. The van der Waals surface area contributed by atoms with Gasteiger partial charge in [0.05, 0.1) is 13.0 Å². The first-order chi connectivity index (χ1) is 8.34. The van der Waals surface area contributed by atoms with E-state index in [2.05, 4.69) is 0 Å². The van der Waals surface area contributed by atoms with Crippen molar-refractivity contribution in [3.8, 4) is 5.75 Å². The van der Waals surface area contributed by atoms with Crippen molar-refractivity contribution in [3.63, 3.8) is 0 Å². The lowest BCUT2D eigenvalue weighted by atomic mass is 9.77. The van der Waals surface area contributed by atoms with E-state index in [0.717, 1.165) is 17.7 Å². The van der Waals surface area contributed by atoms with Crippen molar-refractivity contribution >= 4 is 5.97 Å². The smallest absolute Gasteiger partial charge is 0.307 e. The molecule has 1 aromatic carbocycles. The first-order valence-electron chi connectivity index (χ1n) is 6.20. The van der Waals surface area contributed by atoms with Gasteiger partial charge in [-0.3, -0.25) is 4.79 Å². The lowest BCUT2D eigenvalue weighted by molar-refractivity contribution is -0.145. The molecule has 0 aliphatic carbocycles. The van der Waals surface area contributed by atoms with Gasteiger partial charge in [0.25, 0.3) is 0 Å². The van der Waals surface area contributed by atoms with Gasteiger partial charge in [-0.1, -0.05) is 32.9 Å². The van der Waals surface area contributed by atoms with Crippen LogP contribution in [0.3, 0.4) is 0 Å². The highest BCUT2D eigenvalue weighted by Crippen LogP contribution is 2.30. The average molecular weight is 250 g/mol. The standard InChI is InChI=1S/C15H22O3/c1-15(2,3)13(14(16)17)10-7-11-5-8-12(18-4)9-6-11/h5-6,8-9,13H,7,10H2,1-4H3,(H,16,17). The zero-order valence-corrected chi connectivity index (χ0v) is 11.6. The average Bonchev–Trinajstić information content (AvgIpc) is 2.28. The van der Waals surface area contributed by atoms with Crippen LogP contribution in [0.25, 0.3) is 0 Å². The minimum absolute atomic E-state index is 0.210. The Kier molecular flexibility index (Phi) is 4.76. The fraction of sp³-hybridized carbons (Fsp3) is 0.533. The van der Waals surface area contributed by atoms with Gasteiger partial charge in [-0.2, -0.15) is 0 Å². The van der Waals surface area contributed by atoms with Gasteiger partial charge in [0.1, 0.15) is 5.75 Å². The number of aryl methyl sites for hydroxylation is 1. The Balaban J connectivity index is 2.64. The highest BCUT2D eigenvalue weighted by molar-refractivity contribution is 5.70. The number of methoxy groups -OCH3 is 1. The van der Waals surface area contributed by atoms with Crippen LogP contribution < -0.4 is 4.74 Å². The monoisotopic (exact) mass is 250 g/mol. The highest BCUT2D eigenvalue weighted by atomic mass is 16.5. The second-order valence-electron chi connectivity index (χ2n) is 5.64. The van der Waals surface area contributed by atoms with Gasteiger partial charge in [-0.15, -0.1) is 0 Å². The minimum atomic E-state index is -0.712. The van der Waals surface area contributed by atoms with E-state index < -0.39 is 5.97 Å². The normalized spacial score (nSPS) is 13.1. The number of aliphatic carboxylic acids is 1. The highest BCUT2D eigenvalue weighted by Gasteiger charge is 2.30. The quantitative estimate of drug-likeness (QED) is 0.871. The van der Waals surface area contributed by atoms with E-state index in [-0.39, 0.29) is 11.3 Å². The van der Waals surface area contributed by atoms with Crippen LogP contribution in [-0.4, -0.2) is 18.2 Å². The molecule has 0 saturated heterocycles. The Labute approximate surface area is 109 Å². The summed E-state index contributed by atoms with van der Waals surface area (Å²) in [6, 6.07) is 7.78. The summed E-state index contributed by atoms with van der Waals surface area (Å²) in [5.74, 6) is -0.208. The molecule has 1 aromatic rings. The van der Waals surface area contributed by atoms with Gasteiger partial charge in [0.15, 0.2) is 0 Å². The lowest BCUT2D eigenvalue weighted by Crippen LogP contribution is -2.28. The van der Waals surface area contributed by atoms with Crippen molar-refractivity contribution in [2.24, 2.45) is 11.3 Å². The Morgan fingerprint density at radius 2 is 1.83 bits per heavy atom. The van der Waals surface area contributed by atoms with Crippen LogP contribution in [0.1, 0.15) is 32.8 Å². The zero-order valence-electron chi connectivity index (χ0n) is 11.6.